The summed E-state index contributed by atoms with van der Waals surface area (Å²) in [6.07, 6.45) is 1.91. The van der Waals surface area contributed by atoms with Crippen molar-refractivity contribution in [2.75, 3.05) is 0 Å². The Morgan fingerprint density at radius 1 is 1.29 bits per heavy atom. The van der Waals surface area contributed by atoms with E-state index in [4.69, 9.17) is 5.11 Å². The third kappa shape index (κ3) is 5.31. The van der Waals surface area contributed by atoms with Crippen LogP contribution >= 0.6 is 0 Å². The first-order valence-electron chi connectivity index (χ1n) is 7.76. The molecule has 1 aromatic carbocycles. The maximum Gasteiger partial charge on any atom is 0.303 e. The molecule has 0 atom stereocenters. The van der Waals surface area contributed by atoms with Crippen LogP contribution in [0.25, 0.3) is 0 Å². The van der Waals surface area contributed by atoms with Gasteiger partial charge in [0.05, 0.1) is 4.90 Å². The molecule has 0 radical (unpaired) electrons. The summed E-state index contributed by atoms with van der Waals surface area (Å²) in [5, 5.41) is 11.6. The van der Waals surface area contributed by atoms with Gasteiger partial charge in [0.25, 0.3) is 5.91 Å². The van der Waals surface area contributed by atoms with Crippen LogP contribution in [0.15, 0.2) is 29.2 Å². The Hall–Kier alpha value is -1.93. The van der Waals surface area contributed by atoms with Gasteiger partial charge in [-0.15, -0.1) is 0 Å². The molecule has 7 nitrogen and oxygen atoms in total. The van der Waals surface area contributed by atoms with Crippen LogP contribution in [0.1, 0.15) is 49.9 Å². The Labute approximate surface area is 141 Å². The molecule has 3 N–H and O–H groups in total. The van der Waals surface area contributed by atoms with Crippen molar-refractivity contribution in [3.8, 4) is 0 Å². The van der Waals surface area contributed by atoms with Crippen molar-refractivity contribution < 1.29 is 23.1 Å². The fourth-order valence-corrected chi connectivity index (χ4v) is 3.68. The number of carboxylic acid groups (broad SMARTS) is 1. The highest BCUT2D eigenvalue weighted by molar-refractivity contribution is 7.89. The largest absolute Gasteiger partial charge is 0.481 e. The van der Waals surface area contributed by atoms with Crippen LogP contribution in [0.5, 0.6) is 0 Å². The van der Waals surface area contributed by atoms with Gasteiger partial charge in [0, 0.05) is 23.6 Å². The smallest absolute Gasteiger partial charge is 0.303 e. The van der Waals surface area contributed by atoms with Gasteiger partial charge in [0.1, 0.15) is 0 Å². The normalized spacial score (nSPS) is 15.1. The predicted octanol–water partition coefficient (Wildman–Crippen LogP) is 1.50. The molecule has 24 heavy (non-hydrogen) atoms. The van der Waals surface area contributed by atoms with E-state index in [1.54, 1.807) is 19.9 Å². The fourth-order valence-electron chi connectivity index (χ4n) is 2.19. The Kier molecular flexibility index (Phi) is 5.29. The van der Waals surface area contributed by atoms with Gasteiger partial charge in [-0.2, -0.15) is 0 Å². The van der Waals surface area contributed by atoms with Gasteiger partial charge < -0.3 is 10.4 Å². The highest BCUT2D eigenvalue weighted by atomic mass is 32.2. The third-order valence-corrected chi connectivity index (χ3v) is 5.39. The molecule has 1 fully saturated rings. The molecule has 2 rings (SSSR count). The Balaban J connectivity index is 2.13. The number of carbonyl (C=O) groups is 2. The van der Waals surface area contributed by atoms with Crippen LogP contribution in [-0.2, 0) is 14.8 Å². The van der Waals surface area contributed by atoms with Gasteiger partial charge in [0.2, 0.25) is 10.0 Å². The lowest BCUT2D eigenvalue weighted by atomic mass is 10.0. The van der Waals surface area contributed by atoms with Crippen LogP contribution in [0.4, 0.5) is 0 Å². The second-order valence-corrected chi connectivity index (χ2v) is 8.34. The number of aliphatic carboxylic acids is 1. The molecule has 0 aromatic heterocycles. The standard InChI is InChI=1S/C16H22N2O5S/c1-16(2,9-8-14(19)20)18-24(22,23)13-5-3-4-11(10-13)15(21)17-12-6-7-12/h3-5,10,12,18H,6-9H2,1-2H3,(H,17,21)(H,19,20). The molecular formula is C16H22N2O5S. The topological polar surface area (TPSA) is 113 Å². The minimum atomic E-state index is -3.86. The minimum absolute atomic E-state index is 0.0191. The molecule has 0 saturated heterocycles. The van der Waals surface area contributed by atoms with E-state index < -0.39 is 21.5 Å². The molecular weight excluding hydrogens is 332 g/mol. The molecule has 1 amide bonds. The molecule has 1 saturated carbocycles. The lowest BCUT2D eigenvalue weighted by Gasteiger charge is -2.25. The average Bonchev–Trinajstić information content (AvgIpc) is 3.28. The molecule has 0 spiro atoms. The third-order valence-electron chi connectivity index (χ3n) is 3.69. The molecule has 0 bridgehead atoms. The van der Waals surface area contributed by atoms with E-state index in [0.717, 1.165) is 12.8 Å². The molecule has 132 valence electrons. The van der Waals surface area contributed by atoms with Crippen molar-refractivity contribution >= 4 is 21.9 Å². The van der Waals surface area contributed by atoms with Gasteiger partial charge in [0.15, 0.2) is 0 Å². The first-order valence-corrected chi connectivity index (χ1v) is 9.24. The number of carboxylic acids is 1. The summed E-state index contributed by atoms with van der Waals surface area (Å²) in [7, 11) is -3.86. The maximum atomic E-state index is 12.5. The van der Waals surface area contributed by atoms with Crippen molar-refractivity contribution in [3.63, 3.8) is 0 Å². The highest BCUT2D eigenvalue weighted by Gasteiger charge is 2.28. The number of hydrogen-bond acceptors (Lipinski definition) is 4. The first-order chi connectivity index (χ1) is 11.1. The second-order valence-electron chi connectivity index (χ2n) is 6.66. The number of nitrogens with one attached hydrogen (secondary N) is 2. The number of carbonyl (C=O) groups excluding carboxylic acids is 1. The molecule has 1 aliphatic carbocycles. The maximum absolute atomic E-state index is 12.5. The number of rotatable bonds is 8. The summed E-state index contributed by atoms with van der Waals surface area (Å²) in [5.41, 5.74) is -0.628. The number of amides is 1. The van der Waals surface area contributed by atoms with Crippen molar-refractivity contribution in [3.05, 3.63) is 29.8 Å². The van der Waals surface area contributed by atoms with Crippen LogP contribution in [0.3, 0.4) is 0 Å². The predicted molar refractivity (Wildman–Crippen MR) is 88.2 cm³/mol. The molecule has 0 heterocycles. The van der Waals surface area contributed by atoms with Crippen LogP contribution in [-0.4, -0.2) is 37.0 Å². The zero-order valence-electron chi connectivity index (χ0n) is 13.7. The SMILES string of the molecule is CC(C)(CCC(=O)O)NS(=O)(=O)c1cccc(C(=O)NC2CC2)c1. The number of benzene rings is 1. The quantitative estimate of drug-likeness (QED) is 0.655. The molecule has 1 aromatic rings. The molecule has 0 aliphatic heterocycles. The summed E-state index contributed by atoms with van der Waals surface area (Å²) < 4.78 is 27.5. The Bertz CT molecular complexity index is 739. The summed E-state index contributed by atoms with van der Waals surface area (Å²) in [5.74, 6) is -1.28. The lowest BCUT2D eigenvalue weighted by Crippen LogP contribution is -2.43. The van der Waals surface area contributed by atoms with Gasteiger partial charge in [-0.25, -0.2) is 13.1 Å². The number of sulfonamides is 1. The van der Waals surface area contributed by atoms with Crippen molar-refractivity contribution in [2.45, 2.75) is 56.0 Å². The molecule has 0 unspecified atom stereocenters. The monoisotopic (exact) mass is 354 g/mol. The summed E-state index contributed by atoms with van der Waals surface area (Å²) in [4.78, 5) is 22.7. The van der Waals surface area contributed by atoms with Crippen LogP contribution < -0.4 is 10.0 Å². The number of hydrogen-bond donors (Lipinski definition) is 3. The van der Waals surface area contributed by atoms with Gasteiger partial charge in [-0.05, 0) is 51.3 Å². The molecule has 1 aliphatic rings. The van der Waals surface area contributed by atoms with E-state index >= 15 is 0 Å². The minimum Gasteiger partial charge on any atom is -0.481 e. The molecule has 8 heteroatoms. The Morgan fingerprint density at radius 3 is 2.54 bits per heavy atom. The van der Waals surface area contributed by atoms with Crippen molar-refractivity contribution in [1.82, 2.24) is 10.0 Å². The highest BCUT2D eigenvalue weighted by Crippen LogP contribution is 2.21. The summed E-state index contributed by atoms with van der Waals surface area (Å²) in [6.45, 7) is 3.24. The van der Waals surface area contributed by atoms with E-state index in [0.29, 0.717) is 0 Å². The zero-order valence-corrected chi connectivity index (χ0v) is 14.5. The second kappa shape index (κ2) is 6.90. The zero-order chi connectivity index (χ0) is 18.0. The van der Waals surface area contributed by atoms with Gasteiger partial charge >= 0.3 is 5.97 Å². The van der Waals surface area contributed by atoms with E-state index in [9.17, 15) is 18.0 Å². The van der Waals surface area contributed by atoms with E-state index in [-0.39, 0.29) is 35.2 Å². The Morgan fingerprint density at radius 2 is 1.96 bits per heavy atom. The van der Waals surface area contributed by atoms with E-state index in [1.807, 2.05) is 0 Å². The lowest BCUT2D eigenvalue weighted by molar-refractivity contribution is -0.137. The summed E-state index contributed by atoms with van der Waals surface area (Å²) >= 11 is 0. The van der Waals surface area contributed by atoms with Gasteiger partial charge in [-0.1, -0.05) is 6.07 Å². The average molecular weight is 354 g/mol. The van der Waals surface area contributed by atoms with E-state index in [1.165, 1.54) is 18.2 Å². The van der Waals surface area contributed by atoms with Crippen molar-refractivity contribution in [2.24, 2.45) is 0 Å². The van der Waals surface area contributed by atoms with Crippen LogP contribution in [0, 0.1) is 0 Å². The van der Waals surface area contributed by atoms with Crippen LogP contribution in [0.2, 0.25) is 0 Å². The van der Waals surface area contributed by atoms with Gasteiger partial charge in [-0.3, -0.25) is 9.59 Å². The first kappa shape index (κ1) is 18.4. The fraction of sp³-hybridized carbons (Fsp3) is 0.500. The summed E-state index contributed by atoms with van der Waals surface area (Å²) in [6, 6.07) is 6.00. The van der Waals surface area contributed by atoms with Crippen molar-refractivity contribution in [1.29, 1.82) is 0 Å². The van der Waals surface area contributed by atoms with E-state index in [2.05, 4.69) is 10.0 Å².